The van der Waals surface area contributed by atoms with Gasteiger partial charge in [-0.2, -0.15) is 0 Å². The maximum Gasteiger partial charge on any atom is 0.314 e. The topological polar surface area (TPSA) is 81.7 Å². The summed E-state index contributed by atoms with van der Waals surface area (Å²) in [5, 5.41) is 13.9. The van der Waals surface area contributed by atoms with E-state index in [1.165, 1.54) is 0 Å². The molecule has 6 heteroatoms. The summed E-state index contributed by atoms with van der Waals surface area (Å²) in [5.74, 6) is -0.841. The first-order valence-corrected chi connectivity index (χ1v) is 6.83. The highest BCUT2D eigenvalue weighted by Crippen LogP contribution is 2.03. The molecule has 0 aliphatic carbocycles. The highest BCUT2D eigenvalue weighted by Gasteiger charge is 2.12. The van der Waals surface area contributed by atoms with E-state index in [9.17, 15) is 9.59 Å². The lowest BCUT2D eigenvalue weighted by atomic mass is 10.2. The zero-order chi connectivity index (χ0) is 14.8. The SMILES string of the molecule is CC(C)N(CCNC(=O)NCCCC(=O)O)C(C)C. The molecule has 0 aliphatic rings. The average molecular weight is 273 g/mol. The van der Waals surface area contributed by atoms with Crippen LogP contribution in [-0.4, -0.2) is 53.7 Å². The Bertz CT molecular complexity index is 272. The first-order chi connectivity index (χ1) is 8.84. The Morgan fingerprint density at radius 3 is 2.05 bits per heavy atom. The van der Waals surface area contributed by atoms with Gasteiger partial charge in [-0.15, -0.1) is 0 Å². The maximum absolute atomic E-state index is 11.4. The van der Waals surface area contributed by atoms with Crippen molar-refractivity contribution in [3.05, 3.63) is 0 Å². The van der Waals surface area contributed by atoms with Crippen molar-refractivity contribution in [3.63, 3.8) is 0 Å². The molecule has 3 N–H and O–H groups in total. The van der Waals surface area contributed by atoms with Gasteiger partial charge >= 0.3 is 12.0 Å². The molecule has 0 radical (unpaired) electrons. The molecule has 0 aliphatic heterocycles. The number of amides is 2. The van der Waals surface area contributed by atoms with Crippen molar-refractivity contribution in [3.8, 4) is 0 Å². The second-order valence-corrected chi connectivity index (χ2v) is 5.11. The van der Waals surface area contributed by atoms with E-state index in [4.69, 9.17) is 5.11 Å². The lowest BCUT2D eigenvalue weighted by Gasteiger charge is -2.30. The van der Waals surface area contributed by atoms with Crippen LogP contribution in [0.5, 0.6) is 0 Å². The van der Waals surface area contributed by atoms with E-state index < -0.39 is 5.97 Å². The van der Waals surface area contributed by atoms with Crippen LogP contribution in [0.4, 0.5) is 4.79 Å². The second-order valence-electron chi connectivity index (χ2n) is 5.11. The quantitative estimate of drug-likeness (QED) is 0.553. The second kappa shape index (κ2) is 9.61. The van der Waals surface area contributed by atoms with Crippen molar-refractivity contribution in [2.24, 2.45) is 0 Å². The Labute approximate surface area is 115 Å². The number of hydrogen-bond acceptors (Lipinski definition) is 3. The number of nitrogens with one attached hydrogen (secondary N) is 2. The minimum atomic E-state index is -0.841. The summed E-state index contributed by atoms with van der Waals surface area (Å²) in [4.78, 5) is 24.0. The highest BCUT2D eigenvalue weighted by molar-refractivity contribution is 5.73. The number of carboxylic acids is 1. The molecule has 0 saturated carbocycles. The van der Waals surface area contributed by atoms with Crippen LogP contribution in [-0.2, 0) is 4.79 Å². The Morgan fingerprint density at radius 1 is 1.05 bits per heavy atom. The van der Waals surface area contributed by atoms with Crippen LogP contribution in [0.15, 0.2) is 0 Å². The van der Waals surface area contributed by atoms with Crippen LogP contribution < -0.4 is 10.6 Å². The van der Waals surface area contributed by atoms with E-state index in [0.717, 1.165) is 6.54 Å². The van der Waals surface area contributed by atoms with Gasteiger partial charge in [0.2, 0.25) is 0 Å². The zero-order valence-corrected chi connectivity index (χ0v) is 12.4. The van der Waals surface area contributed by atoms with E-state index in [1.54, 1.807) is 0 Å². The van der Waals surface area contributed by atoms with Crippen molar-refractivity contribution in [1.82, 2.24) is 15.5 Å². The number of carbonyl (C=O) groups excluding carboxylic acids is 1. The monoisotopic (exact) mass is 273 g/mol. The molecule has 0 heterocycles. The molecule has 2 amide bonds. The van der Waals surface area contributed by atoms with E-state index >= 15 is 0 Å². The largest absolute Gasteiger partial charge is 0.481 e. The van der Waals surface area contributed by atoms with Gasteiger partial charge in [0.15, 0.2) is 0 Å². The van der Waals surface area contributed by atoms with E-state index in [-0.39, 0.29) is 12.5 Å². The van der Waals surface area contributed by atoms with Gasteiger partial charge in [0.05, 0.1) is 0 Å². The molecule has 0 unspecified atom stereocenters. The lowest BCUT2D eigenvalue weighted by Crippen LogP contribution is -2.44. The average Bonchev–Trinajstić information content (AvgIpc) is 2.29. The van der Waals surface area contributed by atoms with Gasteiger partial charge in [0, 0.05) is 38.1 Å². The van der Waals surface area contributed by atoms with Crippen LogP contribution in [0.1, 0.15) is 40.5 Å². The molecule has 0 saturated heterocycles. The number of nitrogens with zero attached hydrogens (tertiary/aromatic N) is 1. The van der Waals surface area contributed by atoms with Crippen molar-refractivity contribution in [1.29, 1.82) is 0 Å². The molecule has 6 nitrogen and oxygen atoms in total. The first kappa shape index (κ1) is 17.7. The summed E-state index contributed by atoms with van der Waals surface area (Å²) < 4.78 is 0. The minimum Gasteiger partial charge on any atom is -0.481 e. The molecular weight excluding hydrogens is 246 g/mol. The van der Waals surface area contributed by atoms with Gasteiger partial charge < -0.3 is 15.7 Å². The lowest BCUT2D eigenvalue weighted by molar-refractivity contribution is -0.137. The third-order valence-electron chi connectivity index (χ3n) is 2.84. The standard InChI is InChI=1S/C13H27N3O3/c1-10(2)16(11(3)4)9-8-15-13(19)14-7-5-6-12(17)18/h10-11H,5-9H2,1-4H3,(H,17,18)(H2,14,15,19). The van der Waals surface area contributed by atoms with Crippen LogP contribution in [0.3, 0.4) is 0 Å². The van der Waals surface area contributed by atoms with Gasteiger partial charge in [0.25, 0.3) is 0 Å². The van der Waals surface area contributed by atoms with Crippen LogP contribution in [0.2, 0.25) is 0 Å². The molecule has 0 aromatic rings. The summed E-state index contributed by atoms with van der Waals surface area (Å²) in [6, 6.07) is 0.652. The van der Waals surface area contributed by atoms with Crippen molar-refractivity contribution in [2.45, 2.75) is 52.6 Å². The summed E-state index contributed by atoms with van der Waals surface area (Å²) in [5.41, 5.74) is 0. The number of hydrogen-bond donors (Lipinski definition) is 3. The Morgan fingerprint density at radius 2 is 1.58 bits per heavy atom. The van der Waals surface area contributed by atoms with Gasteiger partial charge in [-0.05, 0) is 34.1 Å². The van der Waals surface area contributed by atoms with E-state index in [2.05, 4.69) is 43.2 Å². The summed E-state index contributed by atoms with van der Waals surface area (Å²) in [6.45, 7) is 10.3. The highest BCUT2D eigenvalue weighted by atomic mass is 16.4. The van der Waals surface area contributed by atoms with Gasteiger partial charge in [-0.1, -0.05) is 0 Å². The number of rotatable bonds is 9. The van der Waals surface area contributed by atoms with Gasteiger partial charge in [-0.3, -0.25) is 9.69 Å². The van der Waals surface area contributed by atoms with Crippen molar-refractivity contribution >= 4 is 12.0 Å². The van der Waals surface area contributed by atoms with Gasteiger partial charge in [0.1, 0.15) is 0 Å². The summed E-state index contributed by atoms with van der Waals surface area (Å²) in [7, 11) is 0. The Hall–Kier alpha value is -1.30. The smallest absolute Gasteiger partial charge is 0.314 e. The number of aliphatic carboxylic acids is 1. The van der Waals surface area contributed by atoms with Crippen molar-refractivity contribution < 1.29 is 14.7 Å². The molecule has 0 fully saturated rings. The summed E-state index contributed by atoms with van der Waals surface area (Å²) in [6.07, 6.45) is 0.529. The molecule has 0 rings (SSSR count). The normalized spacial score (nSPS) is 11.1. The molecule has 112 valence electrons. The predicted molar refractivity (Wildman–Crippen MR) is 75.2 cm³/mol. The fraction of sp³-hybridized carbons (Fsp3) is 0.846. The number of carboxylic acid groups (broad SMARTS) is 1. The molecule has 0 aromatic heterocycles. The first-order valence-electron chi connectivity index (χ1n) is 6.83. The summed E-state index contributed by atoms with van der Waals surface area (Å²) >= 11 is 0. The molecule has 0 aromatic carbocycles. The third-order valence-corrected chi connectivity index (χ3v) is 2.84. The molecule has 19 heavy (non-hydrogen) atoms. The van der Waals surface area contributed by atoms with Crippen molar-refractivity contribution in [2.75, 3.05) is 19.6 Å². The number of urea groups is 1. The molecule has 0 spiro atoms. The Kier molecular flexibility index (Phi) is 8.95. The van der Waals surface area contributed by atoms with Crippen LogP contribution in [0.25, 0.3) is 0 Å². The maximum atomic E-state index is 11.4. The fourth-order valence-corrected chi connectivity index (χ4v) is 1.92. The molecular formula is C13H27N3O3. The fourth-order valence-electron chi connectivity index (χ4n) is 1.92. The Balaban J connectivity index is 3.70. The molecule has 0 atom stereocenters. The third kappa shape index (κ3) is 9.30. The number of carbonyl (C=O) groups is 2. The van der Waals surface area contributed by atoms with E-state index in [1.807, 2.05) is 0 Å². The van der Waals surface area contributed by atoms with Gasteiger partial charge in [-0.25, -0.2) is 4.79 Å². The predicted octanol–water partition coefficient (Wildman–Crippen LogP) is 1.27. The van der Waals surface area contributed by atoms with Crippen LogP contribution >= 0.6 is 0 Å². The van der Waals surface area contributed by atoms with E-state index in [0.29, 0.717) is 31.6 Å². The zero-order valence-electron chi connectivity index (χ0n) is 12.4. The minimum absolute atomic E-state index is 0.0781. The van der Waals surface area contributed by atoms with Crippen LogP contribution in [0, 0.1) is 0 Å². The molecule has 0 bridgehead atoms.